The van der Waals surface area contributed by atoms with Crippen LogP contribution in [0.4, 0.5) is 5.69 Å². The van der Waals surface area contributed by atoms with Crippen molar-refractivity contribution >= 4 is 23.3 Å². The number of hydrogen-bond acceptors (Lipinski definition) is 6. The average Bonchev–Trinajstić information content (AvgIpc) is 2.57. The van der Waals surface area contributed by atoms with Crippen molar-refractivity contribution in [3.05, 3.63) is 22.7 Å². The SMILES string of the molecule is COc1cc(N)c(Cl)cc1C(=O)OCCN1CCC(CN)CC1. The van der Waals surface area contributed by atoms with E-state index in [4.69, 9.17) is 32.5 Å². The van der Waals surface area contributed by atoms with Crippen LogP contribution in [0, 0.1) is 5.92 Å². The summed E-state index contributed by atoms with van der Waals surface area (Å²) in [6.45, 7) is 3.79. The predicted octanol–water partition coefficient (Wildman–Crippen LogP) is 1.76. The molecule has 128 valence electrons. The van der Waals surface area contributed by atoms with Crippen LogP contribution in [0.5, 0.6) is 5.75 Å². The second kappa shape index (κ2) is 8.38. The van der Waals surface area contributed by atoms with E-state index in [9.17, 15) is 4.79 Å². The Bertz CT molecular complexity index is 546. The van der Waals surface area contributed by atoms with Gasteiger partial charge in [-0.25, -0.2) is 4.79 Å². The molecule has 0 aliphatic carbocycles. The van der Waals surface area contributed by atoms with Crippen LogP contribution in [0.15, 0.2) is 12.1 Å². The van der Waals surface area contributed by atoms with E-state index in [-0.39, 0.29) is 5.56 Å². The van der Waals surface area contributed by atoms with E-state index in [1.165, 1.54) is 19.2 Å². The Morgan fingerprint density at radius 2 is 2.09 bits per heavy atom. The summed E-state index contributed by atoms with van der Waals surface area (Å²) >= 11 is 5.96. The van der Waals surface area contributed by atoms with Crippen molar-refractivity contribution in [1.82, 2.24) is 4.90 Å². The van der Waals surface area contributed by atoms with Gasteiger partial charge in [-0.15, -0.1) is 0 Å². The molecule has 1 saturated heterocycles. The van der Waals surface area contributed by atoms with Crippen molar-refractivity contribution in [2.24, 2.45) is 11.7 Å². The van der Waals surface area contributed by atoms with E-state index < -0.39 is 5.97 Å². The first-order valence-electron chi connectivity index (χ1n) is 7.77. The zero-order valence-corrected chi connectivity index (χ0v) is 14.1. The van der Waals surface area contributed by atoms with E-state index in [1.54, 1.807) is 0 Å². The third-order valence-electron chi connectivity index (χ3n) is 4.22. The maximum Gasteiger partial charge on any atom is 0.342 e. The monoisotopic (exact) mass is 341 g/mol. The summed E-state index contributed by atoms with van der Waals surface area (Å²) in [5.41, 5.74) is 12.0. The molecule has 1 fully saturated rings. The zero-order valence-electron chi connectivity index (χ0n) is 13.4. The fourth-order valence-corrected chi connectivity index (χ4v) is 2.85. The molecule has 23 heavy (non-hydrogen) atoms. The number of anilines is 1. The molecule has 0 spiro atoms. The molecule has 1 aliphatic rings. The lowest BCUT2D eigenvalue weighted by molar-refractivity contribution is 0.0438. The summed E-state index contributed by atoms with van der Waals surface area (Å²) in [4.78, 5) is 14.5. The molecule has 1 aromatic carbocycles. The van der Waals surface area contributed by atoms with Crippen molar-refractivity contribution in [1.29, 1.82) is 0 Å². The van der Waals surface area contributed by atoms with Gasteiger partial charge in [0, 0.05) is 12.6 Å². The molecule has 1 aliphatic heterocycles. The van der Waals surface area contributed by atoms with E-state index in [1.807, 2.05) is 0 Å². The molecule has 1 aromatic rings. The number of esters is 1. The highest BCUT2D eigenvalue weighted by atomic mass is 35.5. The van der Waals surface area contributed by atoms with E-state index >= 15 is 0 Å². The van der Waals surface area contributed by atoms with Gasteiger partial charge in [0.1, 0.15) is 17.9 Å². The summed E-state index contributed by atoms with van der Waals surface area (Å²) in [6, 6.07) is 3.00. The third-order valence-corrected chi connectivity index (χ3v) is 4.55. The van der Waals surface area contributed by atoms with Crippen LogP contribution in [-0.2, 0) is 4.74 Å². The van der Waals surface area contributed by atoms with E-state index in [0.29, 0.717) is 35.5 Å². The van der Waals surface area contributed by atoms with Gasteiger partial charge in [0.05, 0.1) is 17.8 Å². The van der Waals surface area contributed by atoms with Crippen molar-refractivity contribution < 1.29 is 14.3 Å². The molecule has 0 aromatic heterocycles. The lowest BCUT2D eigenvalue weighted by atomic mass is 9.97. The Hall–Kier alpha value is -1.50. The van der Waals surface area contributed by atoms with Gasteiger partial charge in [-0.2, -0.15) is 0 Å². The number of likely N-dealkylation sites (tertiary alicyclic amines) is 1. The molecule has 6 nitrogen and oxygen atoms in total. The normalized spacial score (nSPS) is 16.3. The molecule has 0 amide bonds. The van der Waals surface area contributed by atoms with Gasteiger partial charge in [0.2, 0.25) is 0 Å². The Balaban J connectivity index is 1.85. The van der Waals surface area contributed by atoms with Crippen LogP contribution >= 0.6 is 11.6 Å². The number of piperidine rings is 1. The lowest BCUT2D eigenvalue weighted by Gasteiger charge is -2.30. The van der Waals surface area contributed by atoms with Crippen molar-refractivity contribution in [2.75, 3.05) is 45.6 Å². The van der Waals surface area contributed by atoms with E-state index in [0.717, 1.165) is 32.5 Å². The van der Waals surface area contributed by atoms with Gasteiger partial charge in [-0.05, 0) is 44.5 Å². The number of methoxy groups -OCH3 is 1. The van der Waals surface area contributed by atoms with Crippen molar-refractivity contribution in [2.45, 2.75) is 12.8 Å². The number of carbonyl (C=O) groups is 1. The molecular weight excluding hydrogens is 318 g/mol. The minimum Gasteiger partial charge on any atom is -0.496 e. The average molecular weight is 342 g/mol. The maximum absolute atomic E-state index is 12.2. The highest BCUT2D eigenvalue weighted by Gasteiger charge is 2.19. The zero-order chi connectivity index (χ0) is 16.8. The first-order chi connectivity index (χ1) is 11.0. The van der Waals surface area contributed by atoms with Crippen LogP contribution in [0.25, 0.3) is 0 Å². The fraction of sp³-hybridized carbons (Fsp3) is 0.562. The van der Waals surface area contributed by atoms with Crippen molar-refractivity contribution in [3.63, 3.8) is 0 Å². The standard InChI is InChI=1S/C16H24ClN3O3/c1-22-15-9-14(19)13(17)8-12(15)16(21)23-7-6-20-4-2-11(10-18)3-5-20/h8-9,11H,2-7,10,18-19H2,1H3. The molecule has 0 saturated carbocycles. The van der Waals surface area contributed by atoms with Gasteiger partial charge < -0.3 is 20.9 Å². The number of hydrogen-bond donors (Lipinski definition) is 2. The maximum atomic E-state index is 12.2. The minimum atomic E-state index is -0.458. The molecule has 2 rings (SSSR count). The number of halogens is 1. The van der Waals surface area contributed by atoms with Gasteiger partial charge in [-0.3, -0.25) is 4.90 Å². The Kier molecular flexibility index (Phi) is 6.50. The first kappa shape index (κ1) is 17.8. The number of nitrogens with zero attached hydrogens (tertiary/aromatic N) is 1. The largest absolute Gasteiger partial charge is 0.496 e. The van der Waals surface area contributed by atoms with Gasteiger partial charge in [-0.1, -0.05) is 11.6 Å². The Morgan fingerprint density at radius 1 is 1.39 bits per heavy atom. The van der Waals surface area contributed by atoms with Crippen LogP contribution in [0.3, 0.4) is 0 Å². The van der Waals surface area contributed by atoms with Crippen LogP contribution in [0.2, 0.25) is 5.02 Å². The lowest BCUT2D eigenvalue weighted by Crippen LogP contribution is -2.38. The smallest absolute Gasteiger partial charge is 0.342 e. The number of nitrogen functional groups attached to an aromatic ring is 1. The van der Waals surface area contributed by atoms with Gasteiger partial charge in [0.15, 0.2) is 0 Å². The van der Waals surface area contributed by atoms with Gasteiger partial charge in [0.25, 0.3) is 0 Å². The number of carbonyl (C=O) groups excluding carboxylic acids is 1. The minimum absolute atomic E-state index is 0.286. The molecule has 1 heterocycles. The molecule has 0 bridgehead atoms. The summed E-state index contributed by atoms with van der Waals surface area (Å²) in [5, 5.41) is 0.307. The molecule has 0 radical (unpaired) electrons. The molecule has 0 atom stereocenters. The predicted molar refractivity (Wildman–Crippen MR) is 90.9 cm³/mol. The number of nitrogens with two attached hydrogens (primary N) is 2. The third kappa shape index (κ3) is 4.73. The second-order valence-electron chi connectivity index (χ2n) is 5.73. The quantitative estimate of drug-likeness (QED) is 0.605. The Labute approximate surface area is 141 Å². The molecule has 7 heteroatoms. The highest BCUT2D eigenvalue weighted by molar-refractivity contribution is 6.33. The first-order valence-corrected chi connectivity index (χ1v) is 8.15. The summed E-state index contributed by atoms with van der Waals surface area (Å²) < 4.78 is 10.5. The van der Waals surface area contributed by atoms with Crippen LogP contribution < -0.4 is 16.2 Å². The fourth-order valence-electron chi connectivity index (χ4n) is 2.69. The number of ether oxygens (including phenoxy) is 2. The van der Waals surface area contributed by atoms with E-state index in [2.05, 4.69) is 4.90 Å². The highest BCUT2D eigenvalue weighted by Crippen LogP contribution is 2.29. The van der Waals surface area contributed by atoms with Crippen LogP contribution in [-0.4, -0.2) is 50.8 Å². The second-order valence-corrected chi connectivity index (χ2v) is 6.14. The molecular formula is C16H24ClN3O3. The Morgan fingerprint density at radius 3 is 2.70 bits per heavy atom. The molecule has 0 unspecified atom stereocenters. The molecule has 4 N–H and O–H groups in total. The van der Waals surface area contributed by atoms with Crippen molar-refractivity contribution in [3.8, 4) is 5.75 Å². The number of rotatable bonds is 6. The summed E-state index contributed by atoms with van der Waals surface area (Å²) in [6.07, 6.45) is 2.21. The number of benzene rings is 1. The summed E-state index contributed by atoms with van der Waals surface area (Å²) in [7, 11) is 1.47. The van der Waals surface area contributed by atoms with Gasteiger partial charge >= 0.3 is 5.97 Å². The summed E-state index contributed by atoms with van der Waals surface area (Å²) in [5.74, 6) is 0.524. The topological polar surface area (TPSA) is 90.8 Å². The van der Waals surface area contributed by atoms with Crippen LogP contribution in [0.1, 0.15) is 23.2 Å².